The van der Waals surface area contributed by atoms with Gasteiger partial charge in [0.1, 0.15) is 24.2 Å². The van der Waals surface area contributed by atoms with Crippen LogP contribution in [0.3, 0.4) is 0 Å². The van der Waals surface area contributed by atoms with Gasteiger partial charge in [0.15, 0.2) is 0 Å². The Morgan fingerprint density at radius 2 is 2.00 bits per heavy atom. The Balaban J connectivity index is 2.41. The number of rotatable bonds is 15. The number of ether oxygens (including phenoxy) is 1. The lowest BCUT2D eigenvalue weighted by Gasteiger charge is -2.28. The fourth-order valence-electron chi connectivity index (χ4n) is 2.48. The number of nitrogens with one attached hydrogen (secondary N) is 2. The highest BCUT2D eigenvalue weighted by Crippen LogP contribution is 2.10. The predicted molar refractivity (Wildman–Crippen MR) is 115 cm³/mol. The van der Waals surface area contributed by atoms with Crippen molar-refractivity contribution in [3.8, 4) is 0 Å². The van der Waals surface area contributed by atoms with Gasteiger partial charge in [0.25, 0.3) is 0 Å². The first-order valence-electron chi connectivity index (χ1n) is 9.90. The van der Waals surface area contributed by atoms with Crippen LogP contribution in [0.4, 0.5) is 5.95 Å². The first kappa shape index (κ1) is 27.4. The van der Waals surface area contributed by atoms with Gasteiger partial charge in [0, 0.05) is 6.54 Å². The van der Waals surface area contributed by atoms with Gasteiger partial charge in [-0.15, -0.1) is 0 Å². The van der Waals surface area contributed by atoms with Crippen molar-refractivity contribution in [2.75, 3.05) is 26.4 Å². The molecule has 0 saturated heterocycles. The van der Waals surface area contributed by atoms with Gasteiger partial charge in [-0.2, -0.15) is 5.48 Å². The van der Waals surface area contributed by atoms with Crippen molar-refractivity contribution in [2.45, 2.75) is 58.3 Å². The van der Waals surface area contributed by atoms with Gasteiger partial charge in [0.05, 0.1) is 43.2 Å². The number of nitro groups is 1. The molecular formula is C18H33N7O7. The fourth-order valence-corrected chi connectivity index (χ4v) is 2.48. The van der Waals surface area contributed by atoms with Gasteiger partial charge in [-0.25, -0.2) is 4.57 Å². The quantitative estimate of drug-likeness (QED) is 0.0812. The Labute approximate surface area is 186 Å². The Bertz CT molecular complexity index is 792. The molecular weight excluding hydrogens is 426 g/mol. The molecule has 0 amide bonds. The summed E-state index contributed by atoms with van der Waals surface area (Å²) in [4.78, 5) is 19.3. The average molecular weight is 460 g/mol. The standard InChI is InChI=1S/C18H33N7O7/c1-13(21-27)17(2,3)20-7-9-32-23-18(4,5)15(22-28)12-31-11-14(26)10-24-8-6-19-16(24)25(29)30/h6,8,14,20,23,26-28H,7,9-12H2,1-5H3. The van der Waals surface area contributed by atoms with E-state index in [2.05, 4.69) is 26.1 Å². The van der Waals surface area contributed by atoms with E-state index in [1.54, 1.807) is 20.8 Å². The van der Waals surface area contributed by atoms with Crippen molar-refractivity contribution < 1.29 is 30.0 Å². The zero-order chi connectivity index (χ0) is 24.4. The highest BCUT2D eigenvalue weighted by molar-refractivity contribution is 5.93. The van der Waals surface area contributed by atoms with E-state index in [-0.39, 0.29) is 38.0 Å². The highest BCUT2D eigenvalue weighted by atomic mass is 16.6. The molecule has 1 aromatic rings. The van der Waals surface area contributed by atoms with Crippen LogP contribution in [0.25, 0.3) is 0 Å². The molecule has 32 heavy (non-hydrogen) atoms. The van der Waals surface area contributed by atoms with Crippen LogP contribution in [0.5, 0.6) is 0 Å². The number of aliphatic hydroxyl groups is 1. The largest absolute Gasteiger partial charge is 0.434 e. The maximum atomic E-state index is 10.9. The van der Waals surface area contributed by atoms with Gasteiger partial charge in [-0.3, -0.25) is 4.84 Å². The van der Waals surface area contributed by atoms with E-state index < -0.39 is 22.1 Å². The van der Waals surface area contributed by atoms with Crippen LogP contribution in [0.1, 0.15) is 34.6 Å². The number of aliphatic hydroxyl groups excluding tert-OH is 1. The molecule has 1 aromatic heterocycles. The second-order valence-electron chi connectivity index (χ2n) is 8.17. The Morgan fingerprint density at radius 1 is 1.31 bits per heavy atom. The zero-order valence-electron chi connectivity index (χ0n) is 19.0. The van der Waals surface area contributed by atoms with Crippen molar-refractivity contribution >= 4 is 17.4 Å². The molecule has 0 bridgehead atoms. The number of hydroxylamine groups is 1. The molecule has 0 spiro atoms. The summed E-state index contributed by atoms with van der Waals surface area (Å²) in [6.07, 6.45) is 1.63. The number of imidazole rings is 1. The predicted octanol–water partition coefficient (Wildman–Crippen LogP) is 0.517. The molecule has 1 atom stereocenters. The summed E-state index contributed by atoms with van der Waals surface area (Å²) in [6, 6.07) is 0. The van der Waals surface area contributed by atoms with Crippen LogP contribution in [-0.4, -0.2) is 85.0 Å². The van der Waals surface area contributed by atoms with Gasteiger partial charge in [-0.05, 0) is 39.5 Å². The molecule has 1 rings (SSSR count). The van der Waals surface area contributed by atoms with Crippen LogP contribution >= 0.6 is 0 Å². The van der Waals surface area contributed by atoms with E-state index in [1.807, 2.05) is 13.8 Å². The molecule has 0 radical (unpaired) electrons. The number of oxime groups is 2. The Hall–Kier alpha value is -2.65. The third-order valence-electron chi connectivity index (χ3n) is 4.81. The molecule has 14 nitrogen and oxygen atoms in total. The molecule has 0 aliphatic rings. The van der Waals surface area contributed by atoms with E-state index in [0.717, 1.165) is 0 Å². The minimum absolute atomic E-state index is 0.0729. The summed E-state index contributed by atoms with van der Waals surface area (Å²) in [5.41, 5.74) is 2.15. The lowest BCUT2D eigenvalue weighted by molar-refractivity contribution is -0.397. The summed E-state index contributed by atoms with van der Waals surface area (Å²) in [7, 11) is 0. The minimum atomic E-state index is -1.03. The topological polar surface area (TPSA) is 189 Å². The molecule has 0 aromatic carbocycles. The summed E-state index contributed by atoms with van der Waals surface area (Å²) in [5, 5.41) is 48.8. The van der Waals surface area contributed by atoms with Crippen LogP contribution in [0.2, 0.25) is 0 Å². The molecule has 0 aliphatic heterocycles. The monoisotopic (exact) mass is 459 g/mol. The molecule has 0 aliphatic carbocycles. The van der Waals surface area contributed by atoms with Crippen LogP contribution in [0, 0.1) is 10.1 Å². The summed E-state index contributed by atoms with van der Waals surface area (Å²) in [5.74, 6) is -0.374. The lowest BCUT2D eigenvalue weighted by Crippen LogP contribution is -2.51. The van der Waals surface area contributed by atoms with E-state index in [0.29, 0.717) is 12.3 Å². The van der Waals surface area contributed by atoms with Crippen molar-refractivity contribution in [2.24, 2.45) is 10.3 Å². The van der Waals surface area contributed by atoms with Crippen LogP contribution in [-0.2, 0) is 16.1 Å². The van der Waals surface area contributed by atoms with Gasteiger partial charge in [0.2, 0.25) is 0 Å². The normalized spacial score (nSPS) is 14.6. The summed E-state index contributed by atoms with van der Waals surface area (Å²) >= 11 is 0. The molecule has 182 valence electrons. The molecule has 14 heteroatoms. The maximum absolute atomic E-state index is 10.9. The Morgan fingerprint density at radius 3 is 2.59 bits per heavy atom. The highest BCUT2D eigenvalue weighted by Gasteiger charge is 2.27. The number of hydrogen-bond donors (Lipinski definition) is 5. The van der Waals surface area contributed by atoms with E-state index >= 15 is 0 Å². The lowest BCUT2D eigenvalue weighted by atomic mass is 10.00. The Kier molecular flexibility index (Phi) is 10.6. The van der Waals surface area contributed by atoms with Crippen molar-refractivity contribution in [1.82, 2.24) is 20.3 Å². The fraction of sp³-hybridized carbons (Fsp3) is 0.722. The average Bonchev–Trinajstić information content (AvgIpc) is 3.18. The van der Waals surface area contributed by atoms with E-state index in [1.165, 1.54) is 17.0 Å². The minimum Gasteiger partial charge on any atom is -0.411 e. The molecule has 1 heterocycles. The summed E-state index contributed by atoms with van der Waals surface area (Å²) < 4.78 is 6.61. The van der Waals surface area contributed by atoms with Crippen LogP contribution < -0.4 is 10.8 Å². The first-order valence-corrected chi connectivity index (χ1v) is 9.90. The maximum Gasteiger partial charge on any atom is 0.434 e. The zero-order valence-corrected chi connectivity index (χ0v) is 19.0. The van der Waals surface area contributed by atoms with Crippen molar-refractivity contribution in [3.63, 3.8) is 0 Å². The number of hydrogen-bond acceptors (Lipinski definition) is 12. The van der Waals surface area contributed by atoms with E-state index in [9.17, 15) is 20.4 Å². The molecule has 0 fully saturated rings. The second-order valence-corrected chi connectivity index (χ2v) is 8.17. The van der Waals surface area contributed by atoms with Crippen molar-refractivity contribution in [3.05, 3.63) is 22.5 Å². The molecule has 0 saturated carbocycles. The second kappa shape index (κ2) is 12.4. The SMILES string of the molecule is CC(=NO)C(C)(C)NCCONC(C)(C)C(COCC(O)Cn1ccnc1[N+](=O)[O-])=NO. The third-order valence-corrected chi connectivity index (χ3v) is 4.81. The third kappa shape index (κ3) is 8.47. The molecule has 1 unspecified atom stereocenters. The summed E-state index contributed by atoms with van der Waals surface area (Å²) in [6.45, 7) is 9.28. The van der Waals surface area contributed by atoms with E-state index in [4.69, 9.17) is 14.8 Å². The van der Waals surface area contributed by atoms with Gasteiger partial charge in [-0.1, -0.05) is 15.3 Å². The van der Waals surface area contributed by atoms with Gasteiger partial charge < -0.3 is 35.7 Å². The number of aromatic nitrogens is 2. The van der Waals surface area contributed by atoms with Gasteiger partial charge >= 0.3 is 5.95 Å². The van der Waals surface area contributed by atoms with Crippen molar-refractivity contribution in [1.29, 1.82) is 0 Å². The smallest absolute Gasteiger partial charge is 0.411 e. The molecule has 5 N–H and O–H groups in total. The number of nitrogens with zero attached hydrogens (tertiary/aromatic N) is 5. The van der Waals surface area contributed by atoms with Crippen LogP contribution in [0.15, 0.2) is 22.7 Å². The first-order chi connectivity index (χ1) is 14.9.